The molecule has 0 saturated carbocycles. The number of para-hydroxylation sites is 1. The van der Waals surface area contributed by atoms with E-state index in [-0.39, 0.29) is 11.4 Å². The van der Waals surface area contributed by atoms with Crippen LogP contribution in [-0.2, 0) is 6.42 Å². The first-order valence-electron chi connectivity index (χ1n) is 6.37. The topological polar surface area (TPSA) is 72.6 Å². The number of non-ortho nitro benzene ring substituents is 1. The minimum atomic E-state index is -0.429. The second-order valence-corrected chi connectivity index (χ2v) is 4.42. The number of allylic oxidation sites excluding steroid dienone is 1. The lowest BCUT2D eigenvalue weighted by atomic mass is 10.1. The van der Waals surface area contributed by atoms with Gasteiger partial charge in [0, 0.05) is 17.7 Å². The van der Waals surface area contributed by atoms with Gasteiger partial charge in [-0.05, 0) is 30.2 Å². The number of hydrogen-bond acceptors (Lipinski definition) is 4. The molecule has 0 fully saturated rings. The van der Waals surface area contributed by atoms with Crippen molar-refractivity contribution in [2.75, 3.05) is 7.11 Å². The molecule has 0 spiro atoms. The summed E-state index contributed by atoms with van der Waals surface area (Å²) in [7, 11) is 1.51. The molecule has 0 unspecified atom stereocenters. The van der Waals surface area contributed by atoms with Gasteiger partial charge in [-0.3, -0.25) is 10.1 Å². The molecule has 0 aromatic heterocycles. The number of aromatic hydroxyl groups is 1. The van der Waals surface area contributed by atoms with Gasteiger partial charge in [-0.1, -0.05) is 24.3 Å². The van der Waals surface area contributed by atoms with E-state index in [0.717, 1.165) is 11.1 Å². The molecule has 2 aromatic rings. The molecule has 0 saturated heterocycles. The van der Waals surface area contributed by atoms with Crippen LogP contribution in [0.3, 0.4) is 0 Å². The van der Waals surface area contributed by atoms with Crippen LogP contribution in [0.2, 0.25) is 0 Å². The molecule has 0 bridgehead atoms. The molecule has 0 heterocycles. The van der Waals surface area contributed by atoms with E-state index >= 15 is 0 Å². The number of phenolic OH excluding ortho intramolecular Hbond substituents is 1. The Morgan fingerprint density at radius 3 is 2.57 bits per heavy atom. The van der Waals surface area contributed by atoms with E-state index in [1.807, 2.05) is 24.3 Å². The first kappa shape index (κ1) is 14.6. The molecule has 0 atom stereocenters. The molecular formula is C16H15NO4. The van der Waals surface area contributed by atoms with Crippen molar-refractivity contribution in [2.24, 2.45) is 0 Å². The standard InChI is InChI=1S/C16H15NO4/c1-21-15-7-3-6-13(16(15)18)5-2-4-12-8-10-14(11-9-12)17(19)20/h2-4,6-11,18H,5H2,1H3. The maximum absolute atomic E-state index is 10.6. The lowest BCUT2D eigenvalue weighted by molar-refractivity contribution is -0.384. The fourth-order valence-corrected chi connectivity index (χ4v) is 1.93. The molecule has 0 aliphatic heterocycles. The number of rotatable bonds is 5. The molecule has 21 heavy (non-hydrogen) atoms. The lowest BCUT2D eigenvalue weighted by Crippen LogP contribution is -1.88. The van der Waals surface area contributed by atoms with Gasteiger partial charge in [0.05, 0.1) is 12.0 Å². The number of benzene rings is 2. The fraction of sp³-hybridized carbons (Fsp3) is 0.125. The monoisotopic (exact) mass is 285 g/mol. The molecule has 0 radical (unpaired) electrons. The molecule has 0 aliphatic rings. The van der Waals surface area contributed by atoms with E-state index in [0.29, 0.717) is 12.2 Å². The van der Waals surface area contributed by atoms with E-state index in [1.54, 1.807) is 18.2 Å². The van der Waals surface area contributed by atoms with Gasteiger partial charge in [-0.2, -0.15) is 0 Å². The summed E-state index contributed by atoms with van der Waals surface area (Å²) in [4.78, 5) is 10.1. The van der Waals surface area contributed by atoms with Gasteiger partial charge in [0.25, 0.3) is 5.69 Å². The summed E-state index contributed by atoms with van der Waals surface area (Å²) >= 11 is 0. The molecule has 5 heteroatoms. The van der Waals surface area contributed by atoms with Crippen LogP contribution in [0, 0.1) is 10.1 Å². The quantitative estimate of drug-likeness (QED) is 0.673. The molecule has 2 rings (SSSR count). The van der Waals surface area contributed by atoms with E-state index in [2.05, 4.69) is 0 Å². The Balaban J connectivity index is 2.07. The average Bonchev–Trinajstić information content (AvgIpc) is 2.49. The highest BCUT2D eigenvalue weighted by Crippen LogP contribution is 2.29. The maximum atomic E-state index is 10.6. The molecule has 1 N–H and O–H groups in total. The summed E-state index contributed by atoms with van der Waals surface area (Å²) in [6, 6.07) is 11.6. The average molecular weight is 285 g/mol. The molecule has 0 amide bonds. The first-order chi connectivity index (χ1) is 10.1. The zero-order chi connectivity index (χ0) is 15.2. The van der Waals surface area contributed by atoms with Gasteiger partial charge in [0.15, 0.2) is 11.5 Å². The number of nitro benzene ring substituents is 1. The SMILES string of the molecule is COc1cccc(CC=Cc2ccc([N+](=O)[O-])cc2)c1O. The molecule has 0 aliphatic carbocycles. The number of ether oxygens (including phenoxy) is 1. The van der Waals surface area contributed by atoms with Crippen molar-refractivity contribution in [3.63, 3.8) is 0 Å². The Morgan fingerprint density at radius 2 is 1.95 bits per heavy atom. The van der Waals surface area contributed by atoms with Crippen molar-refractivity contribution >= 4 is 11.8 Å². The summed E-state index contributed by atoms with van der Waals surface area (Å²) in [5, 5.41) is 20.5. The zero-order valence-corrected chi connectivity index (χ0v) is 11.5. The fourth-order valence-electron chi connectivity index (χ4n) is 1.93. The van der Waals surface area contributed by atoms with Crippen LogP contribution in [-0.4, -0.2) is 17.1 Å². The van der Waals surface area contributed by atoms with Crippen LogP contribution in [0.4, 0.5) is 5.69 Å². The molecule has 5 nitrogen and oxygen atoms in total. The summed E-state index contributed by atoms with van der Waals surface area (Å²) < 4.78 is 5.05. The van der Waals surface area contributed by atoms with Gasteiger partial charge in [0.2, 0.25) is 0 Å². The smallest absolute Gasteiger partial charge is 0.269 e. The number of methoxy groups -OCH3 is 1. The summed E-state index contributed by atoms with van der Waals surface area (Å²) in [6.45, 7) is 0. The van der Waals surface area contributed by atoms with Crippen LogP contribution >= 0.6 is 0 Å². The number of nitrogens with zero attached hydrogens (tertiary/aromatic N) is 1. The number of nitro groups is 1. The van der Waals surface area contributed by atoms with Crippen molar-refractivity contribution in [2.45, 2.75) is 6.42 Å². The Morgan fingerprint density at radius 1 is 1.24 bits per heavy atom. The summed E-state index contributed by atoms with van der Waals surface area (Å²) in [5.74, 6) is 0.574. The van der Waals surface area contributed by atoms with Crippen molar-refractivity contribution in [1.29, 1.82) is 0 Å². The predicted octanol–water partition coefficient (Wildman–Crippen LogP) is 3.56. The molecular weight excluding hydrogens is 270 g/mol. The second-order valence-electron chi connectivity index (χ2n) is 4.42. The minimum Gasteiger partial charge on any atom is -0.504 e. The zero-order valence-electron chi connectivity index (χ0n) is 11.5. The summed E-state index contributed by atoms with van der Waals surface area (Å²) in [6.07, 6.45) is 4.28. The Bertz CT molecular complexity index is 662. The van der Waals surface area contributed by atoms with Gasteiger partial charge in [0.1, 0.15) is 0 Å². The van der Waals surface area contributed by atoms with Crippen LogP contribution < -0.4 is 4.74 Å². The maximum Gasteiger partial charge on any atom is 0.269 e. The normalized spacial score (nSPS) is 10.7. The van der Waals surface area contributed by atoms with E-state index in [1.165, 1.54) is 19.2 Å². The van der Waals surface area contributed by atoms with Crippen LogP contribution in [0.15, 0.2) is 48.5 Å². The first-order valence-corrected chi connectivity index (χ1v) is 6.37. The Labute approximate surface area is 122 Å². The van der Waals surface area contributed by atoms with Crippen molar-refractivity contribution in [1.82, 2.24) is 0 Å². The lowest BCUT2D eigenvalue weighted by Gasteiger charge is -2.06. The number of phenols is 1. The van der Waals surface area contributed by atoms with Crippen LogP contribution in [0.5, 0.6) is 11.5 Å². The van der Waals surface area contributed by atoms with Crippen LogP contribution in [0.25, 0.3) is 6.08 Å². The third kappa shape index (κ3) is 3.60. The third-order valence-corrected chi connectivity index (χ3v) is 3.05. The van der Waals surface area contributed by atoms with Crippen LogP contribution in [0.1, 0.15) is 11.1 Å². The summed E-state index contributed by atoms with van der Waals surface area (Å²) in [5.41, 5.74) is 1.69. The highest BCUT2D eigenvalue weighted by atomic mass is 16.6. The second kappa shape index (κ2) is 6.56. The van der Waals surface area contributed by atoms with Crippen molar-refractivity contribution in [3.05, 3.63) is 69.8 Å². The highest BCUT2D eigenvalue weighted by molar-refractivity contribution is 5.53. The van der Waals surface area contributed by atoms with Gasteiger partial charge < -0.3 is 9.84 Å². The minimum absolute atomic E-state index is 0.0672. The van der Waals surface area contributed by atoms with E-state index in [9.17, 15) is 15.2 Å². The third-order valence-electron chi connectivity index (χ3n) is 3.05. The van der Waals surface area contributed by atoms with Gasteiger partial charge in [-0.25, -0.2) is 0 Å². The van der Waals surface area contributed by atoms with Gasteiger partial charge >= 0.3 is 0 Å². The predicted molar refractivity (Wildman–Crippen MR) is 80.5 cm³/mol. The Hall–Kier alpha value is -2.82. The van der Waals surface area contributed by atoms with Gasteiger partial charge in [-0.15, -0.1) is 0 Å². The van der Waals surface area contributed by atoms with Crippen molar-refractivity contribution < 1.29 is 14.8 Å². The van der Waals surface area contributed by atoms with E-state index < -0.39 is 4.92 Å². The highest BCUT2D eigenvalue weighted by Gasteiger charge is 2.05. The number of hydrogen-bond donors (Lipinski definition) is 1. The molecule has 108 valence electrons. The van der Waals surface area contributed by atoms with E-state index in [4.69, 9.17) is 4.74 Å². The van der Waals surface area contributed by atoms with Crippen molar-refractivity contribution in [3.8, 4) is 11.5 Å². The Kier molecular flexibility index (Phi) is 4.56. The molecule has 2 aromatic carbocycles. The largest absolute Gasteiger partial charge is 0.504 e.